The summed E-state index contributed by atoms with van der Waals surface area (Å²) in [6.07, 6.45) is -10.6. The predicted octanol–water partition coefficient (Wildman–Crippen LogP) is 0.352. The van der Waals surface area contributed by atoms with E-state index >= 15 is 0 Å². The van der Waals surface area contributed by atoms with Gasteiger partial charge in [-0.25, -0.2) is 0 Å². The molecule has 2 saturated heterocycles. The summed E-state index contributed by atoms with van der Waals surface area (Å²) in [6.45, 7) is 10.8. The summed E-state index contributed by atoms with van der Waals surface area (Å²) in [6, 6.07) is 0. The molecular weight excluding hydrogens is 760 g/mol. The molecule has 4 saturated carbocycles. The van der Waals surface area contributed by atoms with Crippen LogP contribution in [0.15, 0.2) is 11.6 Å². The van der Waals surface area contributed by atoms with Crippen LogP contribution in [0.2, 0.25) is 0 Å². The lowest BCUT2D eigenvalue weighted by molar-refractivity contribution is -0.329. The van der Waals surface area contributed by atoms with Crippen LogP contribution in [0.4, 0.5) is 0 Å². The average molecular weight is 827 g/mol. The van der Waals surface area contributed by atoms with Crippen LogP contribution in [0.3, 0.4) is 0 Å². The van der Waals surface area contributed by atoms with E-state index in [1.165, 1.54) is 0 Å². The standard InChI is InChI=1S/C42H66O16/c1-19-9-14-42(36(53)58-34-31(50)29(48)27(46)22(57-34)18-55-33-30(49)28(47)26(45)21(17-43)56-33)16-15-38(3)20(32(42)41(19,6)54)7-8-23-37(2)12-11-25(44)40(5,35(51)52)24(37)10-13-39(23,38)4/h7,19,21-34,43-50,54H,8-18H2,1-6H3,(H,51,52)/t19?,21-,22-,23?,24?,25+,26-,27-,28+,29+,30-,31-,32?,33-,34+,37-,38-,39-,40+,41?,42+/m1/s1. The Bertz CT molecular complexity index is 1620. The van der Waals surface area contributed by atoms with Crippen molar-refractivity contribution in [3.63, 3.8) is 0 Å². The van der Waals surface area contributed by atoms with Crippen LogP contribution < -0.4 is 0 Å². The smallest absolute Gasteiger partial charge is 0.315 e. The van der Waals surface area contributed by atoms with E-state index in [2.05, 4.69) is 26.8 Å². The number of carbonyl (C=O) groups excluding carboxylic acids is 1. The first-order valence-electron chi connectivity index (χ1n) is 21.1. The third kappa shape index (κ3) is 6.13. The van der Waals surface area contributed by atoms with E-state index in [-0.39, 0.29) is 28.6 Å². The zero-order chi connectivity index (χ0) is 42.7. The summed E-state index contributed by atoms with van der Waals surface area (Å²) >= 11 is 0. The number of aliphatic carboxylic acids is 1. The zero-order valence-corrected chi connectivity index (χ0v) is 34.4. The van der Waals surface area contributed by atoms with Crippen molar-refractivity contribution in [3.8, 4) is 0 Å². The molecule has 0 aromatic carbocycles. The molecule has 0 aromatic rings. The molecular formula is C42H66O16. The lowest BCUT2D eigenvalue weighted by atomic mass is 9.33. The van der Waals surface area contributed by atoms with E-state index in [0.29, 0.717) is 57.8 Å². The zero-order valence-electron chi connectivity index (χ0n) is 34.4. The highest BCUT2D eigenvalue weighted by molar-refractivity contribution is 5.79. The Balaban J connectivity index is 1.16. The van der Waals surface area contributed by atoms with Crippen LogP contribution >= 0.6 is 0 Å². The van der Waals surface area contributed by atoms with Gasteiger partial charge in [-0.1, -0.05) is 39.3 Å². The maximum Gasteiger partial charge on any atom is 0.315 e. The summed E-state index contributed by atoms with van der Waals surface area (Å²) < 4.78 is 22.8. The predicted molar refractivity (Wildman–Crippen MR) is 201 cm³/mol. The highest BCUT2D eigenvalue weighted by Gasteiger charge is 2.73. The van der Waals surface area contributed by atoms with Gasteiger partial charge in [0.15, 0.2) is 6.29 Å². The van der Waals surface area contributed by atoms with E-state index in [4.69, 9.17) is 18.9 Å². The largest absolute Gasteiger partial charge is 0.481 e. The SMILES string of the molecule is CC1CC[C@]2(C(=O)O[C@@H]3O[C@H](CO[C@@H]4O[C@H](CO)[C@@H](O)[C@H](O)[C@H]4O)[C@@H](O)[C@H](O)[C@H]3O)CC[C@]3(C)C(=CCC4[C@@]5(C)CC[C@H](O)[C@@](C)(C(=O)O)C5CC[C@]43C)C2C1(C)O. The quantitative estimate of drug-likeness (QED) is 0.123. The van der Waals surface area contributed by atoms with Crippen LogP contribution in [0, 0.1) is 50.7 Å². The minimum absolute atomic E-state index is 0.0740. The molecule has 2 aliphatic heterocycles. The number of allylic oxidation sites excluding steroid dienone is 1. The fraction of sp³-hybridized carbons (Fsp3) is 0.905. The van der Waals surface area contributed by atoms with Gasteiger partial charge in [-0.2, -0.15) is 0 Å². The van der Waals surface area contributed by atoms with Gasteiger partial charge in [-0.15, -0.1) is 0 Å². The number of aliphatic hydroxyl groups is 9. The van der Waals surface area contributed by atoms with Gasteiger partial charge in [0.25, 0.3) is 0 Å². The van der Waals surface area contributed by atoms with E-state index in [1.807, 2.05) is 6.92 Å². The Hall–Kier alpha value is -1.80. The summed E-state index contributed by atoms with van der Waals surface area (Å²) in [7, 11) is 0. The second kappa shape index (κ2) is 14.9. The molecule has 58 heavy (non-hydrogen) atoms. The monoisotopic (exact) mass is 826 g/mol. The Kier molecular flexibility index (Phi) is 11.4. The molecule has 0 spiro atoms. The van der Waals surface area contributed by atoms with E-state index in [1.54, 1.807) is 13.8 Å². The third-order valence-electron chi connectivity index (χ3n) is 17.7. The fourth-order valence-corrected chi connectivity index (χ4v) is 13.6. The van der Waals surface area contributed by atoms with Gasteiger partial charge in [0.05, 0.1) is 35.7 Å². The molecule has 0 bridgehead atoms. The number of fused-ring (bicyclic) bond motifs is 7. The minimum atomic E-state index is -1.87. The lowest BCUT2D eigenvalue weighted by Gasteiger charge is -2.71. The number of carbonyl (C=O) groups is 2. The van der Waals surface area contributed by atoms with Crippen molar-refractivity contribution in [2.45, 2.75) is 172 Å². The Morgan fingerprint density at radius 3 is 2.02 bits per heavy atom. The minimum Gasteiger partial charge on any atom is -0.481 e. The van der Waals surface area contributed by atoms with Gasteiger partial charge in [0, 0.05) is 5.92 Å². The van der Waals surface area contributed by atoms with Crippen LogP contribution in [-0.2, 0) is 28.5 Å². The van der Waals surface area contributed by atoms with Gasteiger partial charge in [-0.05, 0) is 106 Å². The number of rotatable bonds is 7. The highest BCUT2D eigenvalue weighted by atomic mass is 16.7. The fourth-order valence-electron chi connectivity index (χ4n) is 13.6. The number of hydrogen-bond acceptors (Lipinski definition) is 15. The summed E-state index contributed by atoms with van der Waals surface area (Å²) in [4.78, 5) is 27.7. The Morgan fingerprint density at radius 1 is 0.759 bits per heavy atom. The van der Waals surface area contributed by atoms with Crippen molar-refractivity contribution in [2.24, 2.45) is 50.7 Å². The number of esters is 1. The van der Waals surface area contributed by atoms with E-state index < -0.39 is 120 Å². The number of carboxylic acid groups (broad SMARTS) is 1. The molecule has 0 aromatic heterocycles. The van der Waals surface area contributed by atoms with Gasteiger partial charge in [-0.3, -0.25) is 9.59 Å². The molecule has 16 nitrogen and oxygen atoms in total. The molecule has 21 atom stereocenters. The van der Waals surface area contributed by atoms with Crippen LogP contribution in [0.25, 0.3) is 0 Å². The number of ether oxygens (including phenoxy) is 4. The van der Waals surface area contributed by atoms with Crippen LogP contribution in [0.1, 0.15) is 99.3 Å². The first-order valence-corrected chi connectivity index (χ1v) is 21.1. The highest BCUT2D eigenvalue weighted by Crippen LogP contribution is 2.76. The molecule has 5 unspecified atom stereocenters. The molecule has 0 amide bonds. The molecule has 6 fully saturated rings. The second-order valence-electron chi connectivity index (χ2n) is 20.1. The molecule has 7 rings (SSSR count). The summed E-state index contributed by atoms with van der Waals surface area (Å²) in [5.41, 5.74) is -4.16. The number of hydrogen-bond donors (Lipinski definition) is 10. The Labute approximate surface area is 339 Å². The van der Waals surface area contributed by atoms with E-state index in [0.717, 1.165) is 5.57 Å². The molecule has 0 radical (unpaired) electrons. The van der Waals surface area contributed by atoms with Crippen LogP contribution in [-0.4, -0.2) is 149 Å². The van der Waals surface area contributed by atoms with Crippen molar-refractivity contribution in [2.75, 3.05) is 13.2 Å². The van der Waals surface area contributed by atoms with Gasteiger partial charge in [0.1, 0.15) is 48.8 Å². The topological polar surface area (TPSA) is 273 Å². The lowest BCUT2D eigenvalue weighted by Crippen LogP contribution is -2.69. The average Bonchev–Trinajstić information content (AvgIpc) is 3.17. The molecule has 7 aliphatic rings. The van der Waals surface area contributed by atoms with Gasteiger partial charge in [0.2, 0.25) is 6.29 Å². The van der Waals surface area contributed by atoms with Crippen molar-refractivity contribution >= 4 is 11.9 Å². The van der Waals surface area contributed by atoms with Crippen LogP contribution in [0.5, 0.6) is 0 Å². The number of carboxylic acids is 1. The normalized spacial score (nSPS) is 55.5. The summed E-state index contributed by atoms with van der Waals surface area (Å²) in [5, 5.41) is 107. The maximum atomic E-state index is 14.9. The van der Waals surface area contributed by atoms with Crippen molar-refractivity contribution in [3.05, 3.63) is 11.6 Å². The first kappa shape index (κ1) is 44.3. The Morgan fingerprint density at radius 2 is 1.38 bits per heavy atom. The van der Waals surface area contributed by atoms with Gasteiger partial charge < -0.3 is 70.0 Å². The van der Waals surface area contributed by atoms with Crippen molar-refractivity contribution < 1.29 is 79.6 Å². The van der Waals surface area contributed by atoms with E-state index in [9.17, 15) is 60.7 Å². The molecule has 16 heteroatoms. The van der Waals surface area contributed by atoms with Gasteiger partial charge >= 0.3 is 11.9 Å². The molecule has 330 valence electrons. The maximum absolute atomic E-state index is 14.9. The molecule has 10 N–H and O–H groups in total. The summed E-state index contributed by atoms with van der Waals surface area (Å²) in [5.74, 6) is -2.77. The second-order valence-corrected chi connectivity index (χ2v) is 20.1. The van der Waals surface area contributed by atoms with Crippen molar-refractivity contribution in [1.29, 1.82) is 0 Å². The molecule has 2 heterocycles. The third-order valence-corrected chi connectivity index (χ3v) is 17.7. The first-order chi connectivity index (χ1) is 27.0. The van der Waals surface area contributed by atoms with Crippen molar-refractivity contribution in [1.82, 2.24) is 0 Å². The molecule has 5 aliphatic carbocycles. The number of aliphatic hydroxyl groups excluding tert-OH is 8.